The molecule has 1 rings (SSSR count). The van der Waals surface area contributed by atoms with Gasteiger partial charge in [-0.25, -0.2) is 9.36 Å². The van der Waals surface area contributed by atoms with Crippen molar-refractivity contribution in [1.82, 2.24) is 9.13 Å². The summed E-state index contributed by atoms with van der Waals surface area (Å²) in [7, 11) is 1.19. The third kappa shape index (κ3) is 1.97. The summed E-state index contributed by atoms with van der Waals surface area (Å²) in [5.41, 5.74) is -2.99. The van der Waals surface area contributed by atoms with Crippen molar-refractivity contribution in [2.24, 2.45) is 7.05 Å². The summed E-state index contributed by atoms with van der Waals surface area (Å²) in [5.74, 6) is -1.43. The van der Waals surface area contributed by atoms with Gasteiger partial charge >= 0.3 is 22.9 Å². The molecule has 1 aromatic heterocycles. The Morgan fingerprint density at radius 3 is 2.56 bits per heavy atom. The smallest absolute Gasteiger partial charge is 0.350 e. The first kappa shape index (κ1) is 11.6. The molecule has 0 saturated carbocycles. The monoisotopic (exact) mass is 229 g/mol. The molecule has 86 valence electrons. The number of nitrogens with zero attached hydrogens (tertiary/aromatic N) is 3. The Labute approximate surface area is 87.3 Å². The highest BCUT2D eigenvalue weighted by Gasteiger charge is 2.19. The van der Waals surface area contributed by atoms with E-state index >= 15 is 0 Å². The number of carboxylic acid groups (broad SMARTS) is 1. The molecule has 1 aromatic rings. The van der Waals surface area contributed by atoms with Crippen LogP contribution >= 0.6 is 0 Å². The standard InChI is InChI=1S/C7H7N3O6/c1-8-2-4(10(15)16)6(13)9(7(8)14)3-5(11)12/h2H,3H2,1H3,(H,11,12). The van der Waals surface area contributed by atoms with Crippen molar-refractivity contribution in [3.63, 3.8) is 0 Å². The van der Waals surface area contributed by atoms with Gasteiger partial charge in [-0.15, -0.1) is 0 Å². The summed E-state index contributed by atoms with van der Waals surface area (Å²) in [5, 5.41) is 18.9. The number of nitro groups is 1. The van der Waals surface area contributed by atoms with Crippen molar-refractivity contribution in [2.75, 3.05) is 0 Å². The van der Waals surface area contributed by atoms with Crippen LogP contribution in [0.1, 0.15) is 0 Å². The largest absolute Gasteiger partial charge is 0.480 e. The molecule has 0 bridgehead atoms. The van der Waals surface area contributed by atoms with Gasteiger partial charge in [-0.05, 0) is 0 Å². The maximum absolute atomic E-state index is 11.4. The zero-order valence-corrected chi connectivity index (χ0v) is 8.11. The molecule has 0 amide bonds. The van der Waals surface area contributed by atoms with Gasteiger partial charge in [0.1, 0.15) is 6.54 Å². The third-order valence-electron chi connectivity index (χ3n) is 1.80. The van der Waals surface area contributed by atoms with E-state index in [1.807, 2.05) is 0 Å². The second-order valence-electron chi connectivity index (χ2n) is 2.95. The minimum absolute atomic E-state index is 0.292. The second-order valence-corrected chi connectivity index (χ2v) is 2.95. The maximum Gasteiger partial charge on any atom is 0.350 e. The highest BCUT2D eigenvalue weighted by molar-refractivity contribution is 5.66. The number of carbonyl (C=O) groups is 1. The first-order valence-corrected chi connectivity index (χ1v) is 4.01. The Kier molecular flexibility index (Phi) is 2.88. The molecule has 1 heterocycles. The van der Waals surface area contributed by atoms with Crippen LogP contribution in [0, 0.1) is 10.1 Å². The fourth-order valence-corrected chi connectivity index (χ4v) is 1.11. The number of aromatic nitrogens is 2. The summed E-state index contributed by atoms with van der Waals surface area (Å²) in [6.45, 7) is -0.910. The van der Waals surface area contributed by atoms with E-state index < -0.39 is 34.4 Å². The summed E-state index contributed by atoms with van der Waals surface area (Å²) in [6.07, 6.45) is 0.753. The van der Waals surface area contributed by atoms with E-state index in [1.54, 1.807) is 0 Å². The molecule has 9 nitrogen and oxygen atoms in total. The molecular formula is C7H7N3O6. The fourth-order valence-electron chi connectivity index (χ4n) is 1.11. The van der Waals surface area contributed by atoms with Gasteiger partial charge in [0.25, 0.3) is 0 Å². The summed E-state index contributed by atoms with van der Waals surface area (Å²) < 4.78 is 1.07. The van der Waals surface area contributed by atoms with Crippen molar-refractivity contribution in [2.45, 2.75) is 6.54 Å². The summed E-state index contributed by atoms with van der Waals surface area (Å²) in [6, 6.07) is 0. The molecule has 0 aliphatic rings. The van der Waals surface area contributed by atoms with Crippen LogP contribution in [0.5, 0.6) is 0 Å². The van der Waals surface area contributed by atoms with Crippen molar-refractivity contribution in [3.8, 4) is 0 Å². The van der Waals surface area contributed by atoms with E-state index in [1.165, 1.54) is 7.05 Å². The van der Waals surface area contributed by atoms with Gasteiger partial charge < -0.3 is 5.11 Å². The maximum atomic E-state index is 11.4. The Morgan fingerprint density at radius 2 is 2.12 bits per heavy atom. The van der Waals surface area contributed by atoms with E-state index in [2.05, 4.69) is 0 Å². The minimum atomic E-state index is -1.43. The summed E-state index contributed by atoms with van der Waals surface area (Å²) >= 11 is 0. The van der Waals surface area contributed by atoms with Crippen LogP contribution in [0.4, 0.5) is 5.69 Å². The number of hydrogen-bond donors (Lipinski definition) is 1. The van der Waals surface area contributed by atoms with Crippen LogP contribution < -0.4 is 11.2 Å². The highest BCUT2D eigenvalue weighted by atomic mass is 16.6. The molecule has 0 spiro atoms. The Balaban J connectivity index is 3.59. The van der Waals surface area contributed by atoms with Gasteiger partial charge in [-0.3, -0.25) is 24.3 Å². The molecule has 0 atom stereocenters. The Hall–Kier alpha value is -2.45. The summed E-state index contributed by atoms with van der Waals surface area (Å²) in [4.78, 5) is 42.6. The average molecular weight is 229 g/mol. The lowest BCUT2D eigenvalue weighted by molar-refractivity contribution is -0.387. The Morgan fingerprint density at radius 1 is 1.56 bits per heavy atom. The topological polar surface area (TPSA) is 124 Å². The number of carboxylic acids is 1. The molecule has 0 aliphatic heterocycles. The quantitative estimate of drug-likeness (QED) is 0.498. The molecule has 1 N–H and O–H groups in total. The SMILES string of the molecule is Cn1cc([N+](=O)[O-])c(=O)n(CC(=O)O)c1=O. The van der Waals surface area contributed by atoms with Crippen molar-refractivity contribution in [3.05, 3.63) is 37.1 Å². The lowest BCUT2D eigenvalue weighted by atomic mass is 10.5. The highest BCUT2D eigenvalue weighted by Crippen LogP contribution is 1.98. The molecule has 0 aliphatic carbocycles. The van der Waals surface area contributed by atoms with Crippen LogP contribution in [0.15, 0.2) is 15.8 Å². The predicted octanol–water partition coefficient (Wildman–Crippen LogP) is -1.46. The molecular weight excluding hydrogens is 222 g/mol. The Bertz CT molecular complexity index is 568. The van der Waals surface area contributed by atoms with E-state index in [-0.39, 0.29) is 0 Å². The first-order chi connectivity index (χ1) is 7.34. The molecule has 0 saturated heterocycles. The van der Waals surface area contributed by atoms with Gasteiger partial charge in [-0.1, -0.05) is 0 Å². The van der Waals surface area contributed by atoms with Gasteiger partial charge in [0.15, 0.2) is 0 Å². The zero-order chi connectivity index (χ0) is 12.5. The lowest BCUT2D eigenvalue weighted by Crippen LogP contribution is -2.41. The van der Waals surface area contributed by atoms with Gasteiger partial charge in [0, 0.05) is 7.05 Å². The van der Waals surface area contributed by atoms with E-state index in [0.717, 1.165) is 10.8 Å². The molecule has 16 heavy (non-hydrogen) atoms. The second kappa shape index (κ2) is 3.96. The normalized spacial score (nSPS) is 10.1. The van der Waals surface area contributed by atoms with Crippen LogP contribution in [-0.4, -0.2) is 25.1 Å². The fraction of sp³-hybridized carbons (Fsp3) is 0.286. The number of aliphatic carboxylic acids is 1. The minimum Gasteiger partial charge on any atom is -0.480 e. The van der Waals surface area contributed by atoms with E-state index in [9.17, 15) is 24.5 Å². The number of hydrogen-bond acceptors (Lipinski definition) is 5. The number of rotatable bonds is 3. The molecule has 9 heteroatoms. The van der Waals surface area contributed by atoms with Crippen LogP contribution in [0.25, 0.3) is 0 Å². The zero-order valence-electron chi connectivity index (χ0n) is 8.11. The molecule has 0 aromatic carbocycles. The van der Waals surface area contributed by atoms with Crippen molar-refractivity contribution >= 4 is 11.7 Å². The lowest BCUT2D eigenvalue weighted by Gasteiger charge is -2.03. The van der Waals surface area contributed by atoms with E-state index in [0.29, 0.717) is 4.57 Å². The molecule has 0 radical (unpaired) electrons. The van der Waals surface area contributed by atoms with Crippen LogP contribution in [0.3, 0.4) is 0 Å². The number of aryl methyl sites for hydroxylation is 1. The molecule has 0 unspecified atom stereocenters. The average Bonchev–Trinajstić information content (AvgIpc) is 2.17. The van der Waals surface area contributed by atoms with Gasteiger partial charge in [0.2, 0.25) is 0 Å². The third-order valence-corrected chi connectivity index (χ3v) is 1.80. The first-order valence-electron chi connectivity index (χ1n) is 4.01. The van der Waals surface area contributed by atoms with Gasteiger partial charge in [0.05, 0.1) is 11.1 Å². The van der Waals surface area contributed by atoms with Crippen molar-refractivity contribution < 1.29 is 14.8 Å². The van der Waals surface area contributed by atoms with E-state index in [4.69, 9.17) is 5.11 Å². The molecule has 0 fully saturated rings. The predicted molar refractivity (Wildman–Crippen MR) is 50.2 cm³/mol. The van der Waals surface area contributed by atoms with Crippen molar-refractivity contribution in [1.29, 1.82) is 0 Å². The van der Waals surface area contributed by atoms with Gasteiger partial charge in [-0.2, -0.15) is 0 Å². The van der Waals surface area contributed by atoms with Crippen LogP contribution in [0.2, 0.25) is 0 Å². The van der Waals surface area contributed by atoms with Crippen LogP contribution in [-0.2, 0) is 18.4 Å².